The minimum absolute atomic E-state index is 0.108. The van der Waals surface area contributed by atoms with Crippen molar-refractivity contribution in [2.75, 3.05) is 39.6 Å². The summed E-state index contributed by atoms with van der Waals surface area (Å²) in [5, 5.41) is 10.6. The lowest BCUT2D eigenvalue weighted by Gasteiger charge is -2.21. The molecule has 0 amide bonds. The second kappa shape index (κ2) is 68.8. The average molecular weight is 1410 g/mol. The smallest absolute Gasteiger partial charge is 0.462 e. The number of hydrogen-bond donors (Lipinski definition) is 3. The van der Waals surface area contributed by atoms with Crippen LogP contribution in [0.15, 0.2) is 0 Å². The molecule has 0 aliphatic heterocycles. The molecule has 3 N–H and O–H groups in total. The number of ether oxygens (including phenoxy) is 4. The molecule has 17 nitrogen and oxygen atoms in total. The summed E-state index contributed by atoms with van der Waals surface area (Å²) in [5.74, 6) is -0.534. The maximum absolute atomic E-state index is 13.1. The van der Waals surface area contributed by atoms with E-state index in [1.165, 1.54) is 218 Å². The van der Waals surface area contributed by atoms with Crippen LogP contribution in [0.2, 0.25) is 0 Å². The van der Waals surface area contributed by atoms with Gasteiger partial charge in [-0.15, -0.1) is 0 Å². The first-order valence-corrected chi connectivity index (χ1v) is 43.0. The van der Waals surface area contributed by atoms with Crippen LogP contribution < -0.4 is 0 Å². The van der Waals surface area contributed by atoms with Gasteiger partial charge in [0.05, 0.1) is 26.4 Å². The lowest BCUT2D eigenvalue weighted by atomic mass is 10.0. The Morgan fingerprint density at radius 1 is 0.281 bits per heavy atom. The maximum Gasteiger partial charge on any atom is 0.472 e. The molecular formula is C77H150O17P2. The third kappa shape index (κ3) is 70.5. The van der Waals surface area contributed by atoms with E-state index in [-0.39, 0.29) is 25.7 Å². The lowest BCUT2D eigenvalue weighted by Crippen LogP contribution is -2.30. The molecule has 0 radical (unpaired) electrons. The zero-order valence-electron chi connectivity index (χ0n) is 62.7. The van der Waals surface area contributed by atoms with E-state index in [2.05, 4.69) is 41.5 Å². The monoisotopic (exact) mass is 1410 g/mol. The number of phosphoric acid groups is 2. The van der Waals surface area contributed by atoms with E-state index in [1.54, 1.807) is 0 Å². The molecule has 0 saturated carbocycles. The predicted octanol–water partition coefficient (Wildman–Crippen LogP) is 22.7. The summed E-state index contributed by atoms with van der Waals surface area (Å²) in [7, 11) is -9.91. The standard InChI is InChI=1S/C77H150O17P2/c1-7-9-11-13-15-17-19-29-35-41-47-53-59-74(79)87-65-72(93-76(81)61-55-49-43-37-30-20-18-16-14-12-10-8-2)67-91-95(83,84)89-63-71(78)64-90-96(85,86)92-68-73(66-88-75(80)60-54-48-42-36-31-26-25-28-34-40-46-52-58-70(5)6)94-77(82)62-56-50-44-38-32-24-22-21-23-27-33-39-45-51-57-69(3)4/h69-73,78H,7-68H2,1-6H3,(H,83,84)(H,85,86)/t71-,72+,73+/m0/s1. The maximum atomic E-state index is 13.1. The number of esters is 4. The number of phosphoric ester groups is 2. The van der Waals surface area contributed by atoms with Gasteiger partial charge in [-0.05, 0) is 37.5 Å². The largest absolute Gasteiger partial charge is 0.472 e. The van der Waals surface area contributed by atoms with E-state index in [0.717, 1.165) is 102 Å². The molecule has 5 atom stereocenters. The summed E-state index contributed by atoms with van der Waals surface area (Å²) in [5.41, 5.74) is 0. The molecule has 2 unspecified atom stereocenters. The first-order chi connectivity index (χ1) is 46.4. The quantitative estimate of drug-likeness (QED) is 0.0222. The van der Waals surface area contributed by atoms with Gasteiger partial charge in [0.15, 0.2) is 12.2 Å². The summed E-state index contributed by atoms with van der Waals surface area (Å²) < 4.78 is 68.6. The van der Waals surface area contributed by atoms with Crippen LogP contribution in [0.4, 0.5) is 0 Å². The first-order valence-electron chi connectivity index (χ1n) is 40.0. The van der Waals surface area contributed by atoms with E-state index in [4.69, 9.17) is 37.0 Å². The molecule has 0 aromatic heterocycles. The molecule has 96 heavy (non-hydrogen) atoms. The Morgan fingerprint density at radius 3 is 0.708 bits per heavy atom. The molecule has 0 aliphatic carbocycles. The van der Waals surface area contributed by atoms with Crippen molar-refractivity contribution >= 4 is 39.5 Å². The van der Waals surface area contributed by atoms with Gasteiger partial charge >= 0.3 is 39.5 Å². The molecule has 0 aromatic rings. The summed E-state index contributed by atoms with van der Waals surface area (Å²) in [4.78, 5) is 72.9. The van der Waals surface area contributed by atoms with Crippen LogP contribution in [-0.4, -0.2) is 96.7 Å². The van der Waals surface area contributed by atoms with Crippen LogP contribution in [0.1, 0.15) is 401 Å². The lowest BCUT2D eigenvalue weighted by molar-refractivity contribution is -0.161. The van der Waals surface area contributed by atoms with Crippen molar-refractivity contribution in [1.82, 2.24) is 0 Å². The highest BCUT2D eigenvalue weighted by Crippen LogP contribution is 2.45. The van der Waals surface area contributed by atoms with Gasteiger partial charge < -0.3 is 33.8 Å². The molecule has 0 heterocycles. The fraction of sp³-hybridized carbons (Fsp3) is 0.948. The predicted molar refractivity (Wildman–Crippen MR) is 391 cm³/mol. The van der Waals surface area contributed by atoms with E-state index >= 15 is 0 Å². The Bertz CT molecular complexity index is 1860. The van der Waals surface area contributed by atoms with Crippen LogP contribution in [0.25, 0.3) is 0 Å². The Kier molecular flexibility index (Phi) is 67.4. The molecule has 0 fully saturated rings. The van der Waals surface area contributed by atoms with Crippen molar-refractivity contribution in [3.63, 3.8) is 0 Å². The molecule has 0 saturated heterocycles. The fourth-order valence-electron chi connectivity index (χ4n) is 11.8. The number of unbranched alkanes of at least 4 members (excludes halogenated alkanes) is 46. The number of carbonyl (C=O) groups is 4. The van der Waals surface area contributed by atoms with Crippen LogP contribution in [0, 0.1) is 11.8 Å². The zero-order valence-corrected chi connectivity index (χ0v) is 64.5. The number of aliphatic hydroxyl groups is 1. The minimum Gasteiger partial charge on any atom is -0.462 e. The van der Waals surface area contributed by atoms with Crippen LogP contribution in [0.3, 0.4) is 0 Å². The molecule has 0 aromatic carbocycles. The van der Waals surface area contributed by atoms with Crippen LogP contribution in [-0.2, 0) is 65.4 Å². The highest BCUT2D eigenvalue weighted by molar-refractivity contribution is 7.47. The summed E-state index contributed by atoms with van der Waals surface area (Å²) in [6.45, 7) is 9.64. The van der Waals surface area contributed by atoms with Crippen molar-refractivity contribution in [2.24, 2.45) is 11.8 Å². The minimum atomic E-state index is -4.96. The Labute approximate surface area is 588 Å². The van der Waals surface area contributed by atoms with E-state index in [1.807, 2.05) is 0 Å². The molecular weight excluding hydrogens is 1260 g/mol. The van der Waals surface area contributed by atoms with Gasteiger partial charge in [-0.3, -0.25) is 37.3 Å². The van der Waals surface area contributed by atoms with E-state index in [9.17, 15) is 43.2 Å². The molecule has 570 valence electrons. The second-order valence-corrected chi connectivity index (χ2v) is 31.6. The van der Waals surface area contributed by atoms with Gasteiger partial charge in [0.25, 0.3) is 0 Å². The van der Waals surface area contributed by atoms with E-state index in [0.29, 0.717) is 25.7 Å². The molecule has 0 aliphatic rings. The third-order valence-electron chi connectivity index (χ3n) is 18.0. The zero-order chi connectivity index (χ0) is 70.7. The van der Waals surface area contributed by atoms with Gasteiger partial charge in [0.2, 0.25) is 0 Å². The van der Waals surface area contributed by atoms with Gasteiger partial charge in [0, 0.05) is 25.7 Å². The van der Waals surface area contributed by atoms with E-state index < -0.39 is 97.5 Å². The summed E-state index contributed by atoms with van der Waals surface area (Å²) >= 11 is 0. The van der Waals surface area contributed by atoms with Crippen molar-refractivity contribution in [3.8, 4) is 0 Å². The van der Waals surface area contributed by atoms with Crippen molar-refractivity contribution in [2.45, 2.75) is 419 Å². The summed E-state index contributed by atoms with van der Waals surface area (Å²) in [6.07, 6.45) is 56.7. The van der Waals surface area contributed by atoms with Gasteiger partial charge in [-0.2, -0.15) is 0 Å². The second-order valence-electron chi connectivity index (χ2n) is 28.7. The third-order valence-corrected chi connectivity index (χ3v) is 19.9. The van der Waals surface area contributed by atoms with Crippen molar-refractivity contribution in [3.05, 3.63) is 0 Å². The van der Waals surface area contributed by atoms with Gasteiger partial charge in [-0.25, -0.2) is 9.13 Å². The first kappa shape index (κ1) is 94.1. The molecule has 0 bridgehead atoms. The van der Waals surface area contributed by atoms with Gasteiger partial charge in [-0.1, -0.05) is 350 Å². The topological polar surface area (TPSA) is 237 Å². The van der Waals surface area contributed by atoms with Crippen LogP contribution >= 0.6 is 15.6 Å². The summed E-state index contributed by atoms with van der Waals surface area (Å²) in [6, 6.07) is 0. The van der Waals surface area contributed by atoms with Crippen molar-refractivity contribution in [1.29, 1.82) is 0 Å². The Morgan fingerprint density at radius 2 is 0.479 bits per heavy atom. The average Bonchev–Trinajstić information content (AvgIpc) is 1.47. The Hall–Kier alpha value is -1.94. The van der Waals surface area contributed by atoms with Crippen molar-refractivity contribution < 1.29 is 80.2 Å². The number of hydrogen-bond acceptors (Lipinski definition) is 15. The Balaban J connectivity index is 5.25. The van der Waals surface area contributed by atoms with Crippen LogP contribution in [0.5, 0.6) is 0 Å². The number of rotatable bonds is 76. The highest BCUT2D eigenvalue weighted by Gasteiger charge is 2.30. The van der Waals surface area contributed by atoms with Gasteiger partial charge in [0.1, 0.15) is 19.3 Å². The SMILES string of the molecule is CCCCCCCCCCCCCCC(=O)OC[C@H](COP(=O)(O)OC[C@H](O)COP(=O)(O)OC[C@@H](COC(=O)CCCCCCCCCCCCCCC(C)C)OC(=O)CCCCCCCCCCCCCCCCC(C)C)OC(=O)CCCCCCCCCCCCCC. The normalized spacial score (nSPS) is 14.0. The highest BCUT2D eigenvalue weighted by atomic mass is 31.2. The number of aliphatic hydroxyl groups excluding tert-OH is 1. The number of carbonyl (C=O) groups excluding carboxylic acids is 4. The molecule has 0 rings (SSSR count). The fourth-order valence-corrected chi connectivity index (χ4v) is 13.4. The molecule has 0 spiro atoms. The molecule has 19 heteroatoms.